The zero-order chi connectivity index (χ0) is 47.1. The Balaban J connectivity index is 1.04. The summed E-state index contributed by atoms with van der Waals surface area (Å²) in [5.74, 6) is 1.60. The number of hydrogen-bond acceptors (Lipinski definition) is 4. The van der Waals surface area contributed by atoms with Crippen LogP contribution < -0.4 is 9.80 Å². The minimum Gasteiger partial charge on any atom is -0.456 e. The van der Waals surface area contributed by atoms with Gasteiger partial charge in [-0.2, -0.15) is 0 Å². The Labute approximate surface area is 400 Å². The van der Waals surface area contributed by atoms with E-state index in [1.807, 2.05) is 0 Å². The molecule has 0 unspecified atom stereocenters. The molecule has 0 atom stereocenters. The first-order chi connectivity index (χ1) is 32.8. The van der Waals surface area contributed by atoms with Gasteiger partial charge in [-0.1, -0.05) is 128 Å². The molecule has 0 aliphatic carbocycles. The summed E-state index contributed by atoms with van der Waals surface area (Å²) < 4.78 is 13.7. The highest BCUT2D eigenvalue weighted by atomic mass is 16.3. The molecule has 11 aromatic rings. The fourth-order valence-corrected chi connectivity index (χ4v) is 10.5. The van der Waals surface area contributed by atoms with E-state index >= 15 is 0 Å². The fourth-order valence-electron chi connectivity index (χ4n) is 10.5. The van der Waals surface area contributed by atoms with Gasteiger partial charge in [-0.15, -0.1) is 0 Å². The van der Waals surface area contributed by atoms with E-state index in [0.29, 0.717) is 23.7 Å². The lowest BCUT2D eigenvalue weighted by Crippen LogP contribution is -2.14. The van der Waals surface area contributed by atoms with Crippen LogP contribution in [0.1, 0.15) is 112 Å². The van der Waals surface area contributed by atoms with Crippen molar-refractivity contribution in [3.63, 3.8) is 0 Å². The lowest BCUT2D eigenvalue weighted by Gasteiger charge is -2.31. The molecule has 0 saturated carbocycles. The second-order valence-corrected chi connectivity index (χ2v) is 20.3. The van der Waals surface area contributed by atoms with E-state index in [0.717, 1.165) is 71.4 Å². The third kappa shape index (κ3) is 7.29. The molecule has 68 heavy (non-hydrogen) atoms. The Hall–Kier alpha value is -7.30. The third-order valence-electron chi connectivity index (χ3n) is 14.3. The van der Waals surface area contributed by atoms with Crippen molar-refractivity contribution in [1.29, 1.82) is 0 Å². The zero-order valence-corrected chi connectivity index (χ0v) is 41.0. The molecule has 2 heterocycles. The summed E-state index contributed by atoms with van der Waals surface area (Å²) in [5.41, 5.74) is 18.2. The average Bonchev–Trinajstić information content (AvgIpc) is 3.88. The van der Waals surface area contributed by atoms with Gasteiger partial charge in [0.15, 0.2) is 0 Å². The van der Waals surface area contributed by atoms with Crippen molar-refractivity contribution in [2.75, 3.05) is 9.80 Å². The van der Waals surface area contributed by atoms with Crippen molar-refractivity contribution in [3.05, 3.63) is 191 Å². The Morgan fingerprint density at radius 1 is 0.353 bits per heavy atom. The van der Waals surface area contributed by atoms with E-state index in [2.05, 4.69) is 237 Å². The van der Waals surface area contributed by atoms with E-state index in [1.54, 1.807) is 0 Å². The van der Waals surface area contributed by atoms with Crippen LogP contribution in [0, 0.1) is 13.8 Å². The van der Waals surface area contributed by atoms with Crippen LogP contribution >= 0.6 is 0 Å². The van der Waals surface area contributed by atoms with E-state index in [1.165, 1.54) is 61.5 Å². The number of rotatable bonds is 10. The molecule has 4 heteroatoms. The molecular formula is C64H60N2O2. The van der Waals surface area contributed by atoms with E-state index < -0.39 is 0 Å². The zero-order valence-electron chi connectivity index (χ0n) is 41.0. The average molecular weight is 889 g/mol. The number of nitrogens with zero attached hydrogens (tertiary/aromatic N) is 2. The van der Waals surface area contributed by atoms with Crippen molar-refractivity contribution in [3.8, 4) is 0 Å². The fraction of sp³-hybridized carbons (Fsp3) is 0.219. The lowest BCUT2D eigenvalue weighted by atomic mass is 9.93. The van der Waals surface area contributed by atoms with Gasteiger partial charge in [-0.3, -0.25) is 0 Å². The summed E-state index contributed by atoms with van der Waals surface area (Å²) in [6, 6.07) is 58.4. The second-order valence-electron chi connectivity index (χ2n) is 20.3. The minimum atomic E-state index is 0.349. The molecule has 2 aromatic heterocycles. The van der Waals surface area contributed by atoms with Gasteiger partial charge >= 0.3 is 0 Å². The van der Waals surface area contributed by atoms with Crippen LogP contribution in [0.2, 0.25) is 0 Å². The van der Waals surface area contributed by atoms with Crippen LogP contribution in [0.4, 0.5) is 34.1 Å². The van der Waals surface area contributed by atoms with Crippen molar-refractivity contribution in [2.24, 2.45) is 0 Å². The number of fused-ring (bicyclic) bond motifs is 9. The normalized spacial score (nSPS) is 12.2. The van der Waals surface area contributed by atoms with Gasteiger partial charge < -0.3 is 18.6 Å². The van der Waals surface area contributed by atoms with E-state index in [-0.39, 0.29) is 0 Å². The van der Waals surface area contributed by atoms with Crippen molar-refractivity contribution in [1.82, 2.24) is 0 Å². The van der Waals surface area contributed by atoms with E-state index in [9.17, 15) is 0 Å². The summed E-state index contributed by atoms with van der Waals surface area (Å²) in [4.78, 5) is 4.88. The molecule has 0 fully saturated rings. The van der Waals surface area contributed by atoms with Gasteiger partial charge in [0, 0.05) is 50.3 Å². The van der Waals surface area contributed by atoms with Crippen LogP contribution in [0.3, 0.4) is 0 Å². The summed E-state index contributed by atoms with van der Waals surface area (Å²) in [7, 11) is 0. The highest BCUT2D eigenvalue weighted by molar-refractivity contribution is 6.24. The monoisotopic (exact) mass is 888 g/mol. The molecule has 11 rings (SSSR count). The standard InChI is InChI=1S/C64H60N2O2/c1-37(2)43-21-26-58(52(31-43)39(5)6)65(56-17-13-11-15-41(56)9)49-23-19-45-33-54-51-25-28-60-63(64(51)68-61(54)35-47(45)29-49)55-34-46-20-24-50(30-48(46)36-62(55)67-60)66(57-18-14-12-16-42(57)10)59-27-22-44(38(3)4)32-53(59)40(7)8/h11-40H,1-10H3. The summed E-state index contributed by atoms with van der Waals surface area (Å²) >= 11 is 0. The molecule has 0 amide bonds. The Morgan fingerprint density at radius 3 is 1.32 bits per heavy atom. The van der Waals surface area contributed by atoms with Gasteiger partial charge in [-0.25, -0.2) is 0 Å². The molecule has 4 nitrogen and oxygen atoms in total. The maximum absolute atomic E-state index is 6.96. The van der Waals surface area contributed by atoms with Gasteiger partial charge in [0.25, 0.3) is 0 Å². The smallest absolute Gasteiger partial charge is 0.147 e. The van der Waals surface area contributed by atoms with E-state index in [4.69, 9.17) is 8.83 Å². The highest BCUT2D eigenvalue weighted by Crippen LogP contribution is 2.47. The maximum atomic E-state index is 6.96. The Morgan fingerprint density at radius 2 is 0.838 bits per heavy atom. The quantitative estimate of drug-likeness (QED) is 0.137. The number of anilines is 6. The maximum Gasteiger partial charge on any atom is 0.147 e. The highest BCUT2D eigenvalue weighted by Gasteiger charge is 2.24. The Kier molecular flexibility index (Phi) is 10.7. The van der Waals surface area contributed by atoms with Crippen LogP contribution in [-0.2, 0) is 0 Å². The molecule has 338 valence electrons. The third-order valence-corrected chi connectivity index (χ3v) is 14.3. The minimum absolute atomic E-state index is 0.349. The van der Waals surface area contributed by atoms with Gasteiger partial charge in [0.1, 0.15) is 22.3 Å². The van der Waals surface area contributed by atoms with Crippen LogP contribution in [0.15, 0.2) is 167 Å². The first-order valence-electron chi connectivity index (χ1n) is 24.5. The lowest BCUT2D eigenvalue weighted by molar-refractivity contribution is 0.663. The van der Waals surface area contributed by atoms with Gasteiger partial charge in [-0.05, 0) is 177 Å². The molecule has 0 bridgehead atoms. The molecule has 0 N–H and O–H groups in total. The topological polar surface area (TPSA) is 32.8 Å². The Bertz CT molecular complexity index is 3750. The molecule has 9 aromatic carbocycles. The van der Waals surface area contributed by atoms with Crippen molar-refractivity contribution < 1.29 is 8.83 Å². The number of aryl methyl sites for hydroxylation is 2. The predicted molar refractivity (Wildman–Crippen MR) is 291 cm³/mol. The summed E-state index contributed by atoms with van der Waals surface area (Å²) in [6.45, 7) is 22.7. The first kappa shape index (κ1) is 43.3. The van der Waals surface area contributed by atoms with Crippen molar-refractivity contribution in [2.45, 2.75) is 92.9 Å². The van der Waals surface area contributed by atoms with Gasteiger partial charge in [0.2, 0.25) is 0 Å². The number of furan rings is 2. The molecular weight excluding hydrogens is 829 g/mol. The summed E-state index contributed by atoms with van der Waals surface area (Å²) in [6.07, 6.45) is 0. The van der Waals surface area contributed by atoms with Crippen LogP contribution in [0.5, 0.6) is 0 Å². The number of para-hydroxylation sites is 2. The molecule has 0 radical (unpaired) electrons. The van der Waals surface area contributed by atoms with Crippen LogP contribution in [-0.4, -0.2) is 0 Å². The number of hydrogen-bond donors (Lipinski definition) is 0. The SMILES string of the molecule is Cc1ccccc1N(c1ccc2cc3c(cc2c1)oc1c3ccc2oc3cc4cc(N(c5ccccc5C)c5ccc(C(C)C)cc5C(C)C)ccc4cc3c21)c1ccc(C(C)C)cc1C(C)C. The predicted octanol–water partition coefficient (Wildman–Crippen LogP) is 19.8. The molecule has 0 aliphatic heterocycles. The van der Waals surface area contributed by atoms with Crippen molar-refractivity contribution >= 4 is 99.5 Å². The first-order valence-corrected chi connectivity index (χ1v) is 24.5. The number of benzene rings is 9. The van der Waals surface area contributed by atoms with Crippen LogP contribution in [0.25, 0.3) is 65.4 Å². The second kappa shape index (κ2) is 16.8. The molecule has 0 spiro atoms. The molecule has 0 saturated heterocycles. The summed E-state index contributed by atoms with van der Waals surface area (Å²) in [5, 5.41) is 8.82. The largest absolute Gasteiger partial charge is 0.456 e. The molecule has 0 aliphatic rings. The van der Waals surface area contributed by atoms with Gasteiger partial charge in [0.05, 0.1) is 5.39 Å².